The first kappa shape index (κ1) is 31.9. The fourth-order valence-electron chi connectivity index (χ4n) is 11.3. The quantitative estimate of drug-likeness (QED) is 0.163. The molecule has 0 saturated carbocycles. The molecule has 2 nitrogen and oxygen atoms in total. The van der Waals surface area contributed by atoms with Crippen LogP contribution in [0, 0.1) is 0 Å². The Morgan fingerprint density at radius 2 is 0.845 bits per heavy atom. The molecule has 0 unspecified atom stereocenters. The number of nitrogens with zero attached hydrogens (tertiary/aromatic N) is 1. The summed E-state index contributed by atoms with van der Waals surface area (Å²) < 4.78 is 6.74. The summed E-state index contributed by atoms with van der Waals surface area (Å²) in [4.78, 5) is 2.58. The first-order valence-corrected chi connectivity index (χ1v) is 22.2. The average Bonchev–Trinajstić information content (AvgIpc) is 3.76. The van der Waals surface area contributed by atoms with E-state index in [2.05, 4.69) is 217 Å². The van der Waals surface area contributed by atoms with Gasteiger partial charge in [-0.15, -0.1) is 0 Å². The van der Waals surface area contributed by atoms with Crippen LogP contribution in [-0.2, 0) is 5.41 Å². The Hall–Kier alpha value is -7.20. The maximum absolute atomic E-state index is 6.74. The van der Waals surface area contributed by atoms with Crippen molar-refractivity contribution >= 4 is 45.9 Å². The third-order valence-corrected chi connectivity index (χ3v) is 18.3. The molecular formula is C55H35NOSi. The van der Waals surface area contributed by atoms with Gasteiger partial charge in [0.25, 0.3) is 0 Å². The summed E-state index contributed by atoms with van der Waals surface area (Å²) in [5.41, 5.74) is 15.5. The van der Waals surface area contributed by atoms with Gasteiger partial charge < -0.3 is 9.64 Å². The number of ether oxygens (including phenoxy) is 1. The minimum absolute atomic E-state index is 0.634. The van der Waals surface area contributed by atoms with E-state index in [1.165, 1.54) is 82.3 Å². The molecule has 4 aliphatic rings. The summed E-state index contributed by atoms with van der Waals surface area (Å²) in [6.07, 6.45) is 0. The van der Waals surface area contributed by atoms with E-state index in [1.807, 2.05) is 0 Å². The Balaban J connectivity index is 1.16. The number of rotatable bonds is 2. The summed E-state index contributed by atoms with van der Waals surface area (Å²) in [5.74, 6) is 1.78. The second-order valence-electron chi connectivity index (χ2n) is 15.9. The molecule has 3 heteroatoms. The molecule has 0 amide bonds. The van der Waals surface area contributed by atoms with Crippen molar-refractivity contribution in [3.63, 3.8) is 0 Å². The molecule has 0 bridgehead atoms. The van der Waals surface area contributed by atoms with E-state index in [0.717, 1.165) is 22.6 Å². The van der Waals surface area contributed by atoms with Crippen LogP contribution in [0.4, 0.5) is 17.1 Å². The lowest BCUT2D eigenvalue weighted by Gasteiger charge is -2.49. The van der Waals surface area contributed by atoms with Crippen LogP contribution >= 0.6 is 0 Å². The molecule has 0 atom stereocenters. The largest absolute Gasteiger partial charge is 0.457 e. The van der Waals surface area contributed by atoms with Crippen LogP contribution in [0.5, 0.6) is 11.5 Å². The Labute approximate surface area is 338 Å². The summed E-state index contributed by atoms with van der Waals surface area (Å²) in [5, 5.41) is 5.91. The van der Waals surface area contributed by atoms with Gasteiger partial charge in [0.1, 0.15) is 11.5 Å². The van der Waals surface area contributed by atoms with Crippen LogP contribution in [0.2, 0.25) is 0 Å². The van der Waals surface area contributed by atoms with Gasteiger partial charge in [-0.05, 0) is 90.0 Å². The molecule has 0 aliphatic carbocycles. The molecule has 4 aliphatic heterocycles. The zero-order valence-corrected chi connectivity index (χ0v) is 32.6. The maximum atomic E-state index is 6.74. The highest BCUT2D eigenvalue weighted by Gasteiger charge is 2.55. The Morgan fingerprint density at radius 3 is 1.48 bits per heavy atom. The Bertz CT molecular complexity index is 3070. The molecule has 0 fully saturated rings. The van der Waals surface area contributed by atoms with Gasteiger partial charge in [0.05, 0.1) is 16.8 Å². The van der Waals surface area contributed by atoms with Crippen LogP contribution in [0.15, 0.2) is 212 Å². The number of fused-ring (bicyclic) bond motifs is 18. The molecule has 0 saturated heterocycles. The van der Waals surface area contributed by atoms with E-state index in [-0.39, 0.29) is 0 Å². The van der Waals surface area contributed by atoms with Crippen molar-refractivity contribution in [3.05, 3.63) is 235 Å². The number of anilines is 3. The van der Waals surface area contributed by atoms with Crippen LogP contribution in [-0.4, -0.2) is 8.07 Å². The molecule has 58 heavy (non-hydrogen) atoms. The van der Waals surface area contributed by atoms with Gasteiger partial charge in [0.15, 0.2) is 8.07 Å². The highest BCUT2D eigenvalue weighted by molar-refractivity contribution is 7.24. The van der Waals surface area contributed by atoms with Crippen LogP contribution in [0.3, 0.4) is 0 Å². The van der Waals surface area contributed by atoms with E-state index >= 15 is 0 Å². The fraction of sp³-hybridized carbons (Fsp3) is 0.0182. The van der Waals surface area contributed by atoms with E-state index in [4.69, 9.17) is 4.74 Å². The monoisotopic (exact) mass is 753 g/mol. The van der Waals surface area contributed by atoms with E-state index in [1.54, 1.807) is 0 Å². The molecule has 9 aromatic carbocycles. The molecule has 4 heterocycles. The summed E-state index contributed by atoms with van der Waals surface area (Å²) in [6, 6.07) is 79.3. The summed E-state index contributed by atoms with van der Waals surface area (Å²) in [7, 11) is -2.68. The van der Waals surface area contributed by atoms with E-state index in [9.17, 15) is 0 Å². The van der Waals surface area contributed by atoms with Crippen molar-refractivity contribution < 1.29 is 4.74 Å². The zero-order valence-electron chi connectivity index (χ0n) is 31.6. The van der Waals surface area contributed by atoms with Gasteiger partial charge in [-0.2, -0.15) is 0 Å². The van der Waals surface area contributed by atoms with Crippen molar-refractivity contribution in [2.24, 2.45) is 0 Å². The highest BCUT2D eigenvalue weighted by atomic mass is 28.3. The van der Waals surface area contributed by atoms with Gasteiger partial charge >= 0.3 is 0 Å². The lowest BCUT2D eigenvalue weighted by Crippen LogP contribution is -2.70. The number of hydrogen-bond acceptors (Lipinski definition) is 2. The standard InChI is InChI=1S/C55H35NOSi/c1-2-17-36(18-3-1)38-22-16-26-46-54(38)56(47-27-10-7-23-43(47)55(46)44-24-8-11-28-48(44)57-49-29-12-9-25-45(49)55)37-33-34-42-41-21-6-15-32-52(41)58(53(42)35-37)50-30-13-4-19-39(50)40-20-5-14-31-51(40)58/h1-35H. The minimum Gasteiger partial charge on any atom is -0.457 e. The predicted molar refractivity (Wildman–Crippen MR) is 240 cm³/mol. The number of hydrogen-bond donors (Lipinski definition) is 0. The molecule has 9 aromatic rings. The molecule has 13 rings (SSSR count). The first-order valence-electron chi connectivity index (χ1n) is 20.2. The van der Waals surface area contributed by atoms with Gasteiger partial charge in [-0.3, -0.25) is 0 Å². The SMILES string of the molecule is c1ccc(-c2cccc3c2N(c2ccc4c(c2)[Si]2(c5ccccc5-c5ccccc52)c2ccccc2-4)c2ccccc2C32c3ccccc3Oc3ccccc32)cc1. The fourth-order valence-corrected chi connectivity index (χ4v) is 16.9. The van der Waals surface area contributed by atoms with Gasteiger partial charge in [0, 0.05) is 22.4 Å². The first-order chi connectivity index (χ1) is 28.8. The maximum Gasteiger partial charge on any atom is 0.182 e. The Kier molecular flexibility index (Phi) is 6.43. The summed E-state index contributed by atoms with van der Waals surface area (Å²) in [6.45, 7) is 0. The molecule has 0 N–H and O–H groups in total. The molecule has 270 valence electrons. The van der Waals surface area contributed by atoms with Crippen molar-refractivity contribution in [2.45, 2.75) is 5.41 Å². The van der Waals surface area contributed by atoms with Gasteiger partial charge in [-0.1, -0.05) is 182 Å². The second kappa shape index (κ2) is 11.7. The van der Waals surface area contributed by atoms with Crippen LogP contribution in [0.25, 0.3) is 33.4 Å². The number of benzene rings is 9. The lowest BCUT2D eigenvalue weighted by molar-refractivity contribution is 0.434. The van der Waals surface area contributed by atoms with Gasteiger partial charge in [0.2, 0.25) is 0 Å². The van der Waals surface area contributed by atoms with Crippen molar-refractivity contribution in [3.8, 4) is 44.9 Å². The minimum atomic E-state index is -2.68. The molecular weight excluding hydrogens is 719 g/mol. The van der Waals surface area contributed by atoms with Gasteiger partial charge in [-0.25, -0.2) is 0 Å². The average molecular weight is 754 g/mol. The topological polar surface area (TPSA) is 12.5 Å². The van der Waals surface area contributed by atoms with Crippen LogP contribution in [0.1, 0.15) is 22.3 Å². The second-order valence-corrected chi connectivity index (χ2v) is 19.5. The smallest absolute Gasteiger partial charge is 0.182 e. The van der Waals surface area contributed by atoms with Crippen molar-refractivity contribution in [1.29, 1.82) is 0 Å². The molecule has 2 spiro atoms. The van der Waals surface area contributed by atoms with E-state index in [0.29, 0.717) is 0 Å². The molecule has 0 aromatic heterocycles. The normalized spacial score (nSPS) is 14.9. The van der Waals surface area contributed by atoms with Crippen LogP contribution < -0.4 is 30.4 Å². The number of para-hydroxylation sites is 4. The summed E-state index contributed by atoms with van der Waals surface area (Å²) >= 11 is 0. The zero-order chi connectivity index (χ0) is 38.0. The third-order valence-electron chi connectivity index (χ3n) is 13.3. The molecule has 0 radical (unpaired) electrons. The van der Waals surface area contributed by atoms with Crippen molar-refractivity contribution in [1.82, 2.24) is 0 Å². The van der Waals surface area contributed by atoms with Crippen molar-refractivity contribution in [2.75, 3.05) is 4.90 Å². The lowest BCUT2D eigenvalue weighted by atomic mass is 9.60. The third kappa shape index (κ3) is 3.87. The highest BCUT2D eigenvalue weighted by Crippen LogP contribution is 2.64. The van der Waals surface area contributed by atoms with E-state index < -0.39 is 13.5 Å². The Morgan fingerprint density at radius 1 is 0.362 bits per heavy atom. The predicted octanol–water partition coefficient (Wildman–Crippen LogP) is 11.0.